The number of aromatic nitrogens is 2. The highest BCUT2D eigenvalue weighted by molar-refractivity contribution is 9.10. The largest absolute Gasteiger partial charge is 0.316 e. The number of halogens is 2. The molecular formula is C16H21BrFN3. The predicted octanol–water partition coefficient (Wildman–Crippen LogP) is 3.31. The van der Waals surface area contributed by atoms with Crippen LogP contribution in [0.25, 0.3) is 0 Å². The lowest BCUT2D eigenvalue weighted by Crippen LogP contribution is -2.30. The van der Waals surface area contributed by atoms with Crippen LogP contribution < -0.4 is 5.32 Å². The molecule has 3 nitrogen and oxygen atoms in total. The summed E-state index contributed by atoms with van der Waals surface area (Å²) in [5.74, 6) is -0.212. The van der Waals surface area contributed by atoms with Crippen LogP contribution in [-0.4, -0.2) is 22.9 Å². The Morgan fingerprint density at radius 2 is 2.05 bits per heavy atom. The van der Waals surface area contributed by atoms with Crippen LogP contribution in [0.5, 0.6) is 0 Å². The number of aryl methyl sites for hydroxylation is 2. The van der Waals surface area contributed by atoms with Crippen LogP contribution in [0.4, 0.5) is 4.39 Å². The minimum Gasteiger partial charge on any atom is -0.316 e. The van der Waals surface area contributed by atoms with Gasteiger partial charge in [0.2, 0.25) is 0 Å². The highest BCUT2D eigenvalue weighted by Gasteiger charge is 2.17. The zero-order chi connectivity index (χ0) is 15.6. The first-order chi connectivity index (χ1) is 9.93. The van der Waals surface area contributed by atoms with E-state index in [2.05, 4.69) is 33.3 Å². The quantitative estimate of drug-likeness (QED) is 0.893. The Morgan fingerprint density at radius 3 is 2.62 bits per heavy atom. The summed E-state index contributed by atoms with van der Waals surface area (Å²) in [6.45, 7) is 4.12. The SMILES string of the molecule is CNC(Cc1cccc(F)c1Br)Cc1c(C)nn(C)c1C. The standard InChI is InChI=1S/C16H21BrFN3/c1-10-14(11(2)21(4)20-10)9-13(19-3)8-12-6-5-7-15(18)16(12)17/h5-7,13,19H,8-9H2,1-4H3. The molecule has 2 rings (SSSR count). The molecule has 0 aliphatic rings. The summed E-state index contributed by atoms with van der Waals surface area (Å²) < 4.78 is 16.1. The first-order valence-corrected chi connectivity index (χ1v) is 7.82. The number of rotatable bonds is 5. The molecule has 21 heavy (non-hydrogen) atoms. The monoisotopic (exact) mass is 353 g/mol. The Bertz CT molecular complexity index is 637. The van der Waals surface area contributed by atoms with Crippen LogP contribution in [-0.2, 0) is 19.9 Å². The number of benzene rings is 1. The molecule has 1 heterocycles. The van der Waals surface area contributed by atoms with E-state index in [1.807, 2.05) is 31.8 Å². The molecule has 0 fully saturated rings. The molecule has 0 saturated heterocycles. The average Bonchev–Trinajstić information content (AvgIpc) is 2.69. The van der Waals surface area contributed by atoms with Crippen molar-refractivity contribution in [2.24, 2.45) is 7.05 Å². The van der Waals surface area contributed by atoms with Gasteiger partial charge in [-0.2, -0.15) is 5.10 Å². The van der Waals surface area contributed by atoms with E-state index in [1.54, 1.807) is 6.07 Å². The Labute approximate surface area is 133 Å². The minimum atomic E-state index is -0.212. The van der Waals surface area contributed by atoms with Gasteiger partial charge in [-0.25, -0.2) is 4.39 Å². The van der Waals surface area contributed by atoms with E-state index in [4.69, 9.17) is 0 Å². The molecular weight excluding hydrogens is 333 g/mol. The van der Waals surface area contributed by atoms with Gasteiger partial charge in [0.1, 0.15) is 5.82 Å². The summed E-state index contributed by atoms with van der Waals surface area (Å²) >= 11 is 3.34. The maximum Gasteiger partial charge on any atom is 0.137 e. The second-order valence-corrected chi connectivity index (χ2v) is 6.17. The number of hydrogen-bond acceptors (Lipinski definition) is 2. The first-order valence-electron chi connectivity index (χ1n) is 7.03. The first kappa shape index (κ1) is 16.2. The van der Waals surface area contributed by atoms with Gasteiger partial charge >= 0.3 is 0 Å². The Kier molecular flexibility index (Phi) is 5.17. The van der Waals surface area contributed by atoms with Gasteiger partial charge in [0.15, 0.2) is 0 Å². The fourth-order valence-corrected chi connectivity index (χ4v) is 3.03. The van der Waals surface area contributed by atoms with Crippen molar-refractivity contribution in [2.45, 2.75) is 32.7 Å². The van der Waals surface area contributed by atoms with Gasteiger partial charge in [0.05, 0.1) is 10.2 Å². The van der Waals surface area contributed by atoms with Gasteiger partial charge in [-0.15, -0.1) is 0 Å². The molecule has 0 saturated carbocycles. The molecule has 0 aliphatic heterocycles. The lowest BCUT2D eigenvalue weighted by molar-refractivity contribution is 0.548. The highest BCUT2D eigenvalue weighted by Crippen LogP contribution is 2.23. The number of likely N-dealkylation sites (N-methyl/N-ethyl adjacent to an activating group) is 1. The zero-order valence-electron chi connectivity index (χ0n) is 12.9. The highest BCUT2D eigenvalue weighted by atomic mass is 79.9. The Morgan fingerprint density at radius 1 is 1.33 bits per heavy atom. The van der Waals surface area contributed by atoms with Crippen molar-refractivity contribution in [3.05, 3.63) is 51.0 Å². The van der Waals surface area contributed by atoms with E-state index in [0.717, 1.165) is 24.1 Å². The van der Waals surface area contributed by atoms with Gasteiger partial charge in [0, 0.05) is 18.8 Å². The number of nitrogens with zero attached hydrogens (tertiary/aromatic N) is 2. The zero-order valence-corrected chi connectivity index (χ0v) is 14.5. The van der Waals surface area contributed by atoms with Crippen molar-refractivity contribution < 1.29 is 4.39 Å². The molecule has 114 valence electrons. The second kappa shape index (κ2) is 6.71. The van der Waals surface area contributed by atoms with Gasteiger partial charge < -0.3 is 5.32 Å². The summed E-state index contributed by atoms with van der Waals surface area (Å²) in [7, 11) is 3.91. The molecule has 0 amide bonds. The molecule has 0 bridgehead atoms. The third-order valence-corrected chi connectivity index (χ3v) is 4.90. The Balaban J connectivity index is 2.19. The topological polar surface area (TPSA) is 29.9 Å². The molecule has 1 N–H and O–H groups in total. The number of hydrogen-bond donors (Lipinski definition) is 1. The fraction of sp³-hybridized carbons (Fsp3) is 0.438. The van der Waals surface area contributed by atoms with E-state index in [9.17, 15) is 4.39 Å². The summed E-state index contributed by atoms with van der Waals surface area (Å²) in [6, 6.07) is 5.42. The molecule has 1 unspecified atom stereocenters. The van der Waals surface area contributed by atoms with Crippen molar-refractivity contribution in [3.8, 4) is 0 Å². The van der Waals surface area contributed by atoms with Crippen molar-refractivity contribution in [2.75, 3.05) is 7.05 Å². The molecule has 0 radical (unpaired) electrons. The molecule has 2 aromatic rings. The van der Waals surface area contributed by atoms with E-state index >= 15 is 0 Å². The van der Waals surface area contributed by atoms with Crippen LogP contribution in [0.2, 0.25) is 0 Å². The van der Waals surface area contributed by atoms with Crippen molar-refractivity contribution in [1.29, 1.82) is 0 Å². The van der Waals surface area contributed by atoms with E-state index in [0.29, 0.717) is 4.47 Å². The fourth-order valence-electron chi connectivity index (χ4n) is 2.61. The average molecular weight is 354 g/mol. The van der Waals surface area contributed by atoms with Gasteiger partial charge in [-0.05, 0) is 66.9 Å². The number of nitrogens with one attached hydrogen (secondary N) is 1. The lowest BCUT2D eigenvalue weighted by atomic mass is 9.98. The predicted molar refractivity (Wildman–Crippen MR) is 87.0 cm³/mol. The normalized spacial score (nSPS) is 12.7. The summed E-state index contributed by atoms with van der Waals surface area (Å²) in [5, 5.41) is 7.79. The van der Waals surface area contributed by atoms with Crippen LogP contribution in [0.3, 0.4) is 0 Å². The smallest absolute Gasteiger partial charge is 0.137 e. The van der Waals surface area contributed by atoms with Gasteiger partial charge in [-0.3, -0.25) is 4.68 Å². The van der Waals surface area contributed by atoms with Crippen molar-refractivity contribution in [1.82, 2.24) is 15.1 Å². The summed E-state index contributed by atoms with van der Waals surface area (Å²) in [4.78, 5) is 0. The third kappa shape index (κ3) is 3.52. The van der Waals surface area contributed by atoms with E-state index in [-0.39, 0.29) is 11.9 Å². The van der Waals surface area contributed by atoms with E-state index in [1.165, 1.54) is 17.3 Å². The van der Waals surface area contributed by atoms with E-state index < -0.39 is 0 Å². The molecule has 5 heteroatoms. The summed E-state index contributed by atoms with van der Waals surface area (Å²) in [5.41, 5.74) is 4.50. The molecule has 1 aromatic heterocycles. The van der Waals surface area contributed by atoms with Crippen LogP contribution >= 0.6 is 15.9 Å². The maximum absolute atomic E-state index is 13.6. The Hall–Kier alpha value is -1.20. The van der Waals surface area contributed by atoms with Crippen LogP contribution in [0, 0.1) is 19.7 Å². The molecule has 1 aromatic carbocycles. The van der Waals surface area contributed by atoms with Crippen molar-refractivity contribution >= 4 is 15.9 Å². The van der Waals surface area contributed by atoms with Crippen LogP contribution in [0.1, 0.15) is 22.5 Å². The molecule has 0 aliphatic carbocycles. The molecule has 1 atom stereocenters. The molecule has 0 spiro atoms. The second-order valence-electron chi connectivity index (χ2n) is 5.38. The van der Waals surface area contributed by atoms with Gasteiger partial charge in [-0.1, -0.05) is 12.1 Å². The minimum absolute atomic E-state index is 0.212. The van der Waals surface area contributed by atoms with Gasteiger partial charge in [0.25, 0.3) is 0 Å². The summed E-state index contributed by atoms with van der Waals surface area (Å²) in [6.07, 6.45) is 1.65. The third-order valence-electron chi connectivity index (χ3n) is 4.02. The maximum atomic E-state index is 13.6. The lowest BCUT2D eigenvalue weighted by Gasteiger charge is -2.17. The van der Waals surface area contributed by atoms with Crippen molar-refractivity contribution in [3.63, 3.8) is 0 Å². The van der Waals surface area contributed by atoms with Crippen LogP contribution in [0.15, 0.2) is 22.7 Å².